The lowest BCUT2D eigenvalue weighted by Gasteiger charge is -2.41. The highest BCUT2D eigenvalue weighted by Crippen LogP contribution is 2.53. The second-order valence-corrected chi connectivity index (χ2v) is 6.85. The molecular weight excluding hydrogens is 390 g/mol. The van der Waals surface area contributed by atoms with Gasteiger partial charge in [0.05, 0.1) is 4.92 Å². The maximum Gasteiger partial charge on any atom is 0.425 e. The Balaban J connectivity index is 1.64. The van der Waals surface area contributed by atoms with Crippen molar-refractivity contribution >= 4 is 17.9 Å². The van der Waals surface area contributed by atoms with Gasteiger partial charge in [0.2, 0.25) is 0 Å². The molecule has 1 heterocycles. The van der Waals surface area contributed by atoms with Crippen LogP contribution in [0.15, 0.2) is 42.5 Å². The summed E-state index contributed by atoms with van der Waals surface area (Å²) in [6, 6.07) is 6.86. The standard InChI is InChI=1S/C19H14F2N2O6/c20-14-7-2-11(10-15(14)21)16-19(8-1-9-19)29-18(25)22(16)17(24)28-13-5-3-12(4-6-13)23(26)27/h2-7,10,16H,1,8-9H2. The summed E-state index contributed by atoms with van der Waals surface area (Å²) < 4.78 is 37.7. The average Bonchev–Trinajstić information content (AvgIpc) is 2.98. The van der Waals surface area contributed by atoms with Crippen LogP contribution >= 0.6 is 0 Å². The van der Waals surface area contributed by atoms with Crippen molar-refractivity contribution in [2.45, 2.75) is 30.9 Å². The third kappa shape index (κ3) is 3.16. The third-order valence-electron chi connectivity index (χ3n) is 5.15. The minimum atomic E-state index is -1.11. The molecular formula is C19H14F2N2O6. The number of ether oxygens (including phenoxy) is 2. The van der Waals surface area contributed by atoms with Crippen molar-refractivity contribution < 1.29 is 32.8 Å². The smallest absolute Gasteiger partial charge is 0.425 e. The van der Waals surface area contributed by atoms with E-state index in [1.54, 1.807) is 0 Å². The lowest BCUT2D eigenvalue weighted by atomic mass is 9.72. The number of amides is 2. The average molecular weight is 404 g/mol. The Hall–Kier alpha value is -3.56. The zero-order valence-corrected chi connectivity index (χ0v) is 14.8. The Morgan fingerprint density at radius 2 is 1.86 bits per heavy atom. The van der Waals surface area contributed by atoms with Gasteiger partial charge in [-0.2, -0.15) is 0 Å². The van der Waals surface area contributed by atoms with Crippen LogP contribution in [-0.2, 0) is 4.74 Å². The number of benzene rings is 2. The van der Waals surface area contributed by atoms with E-state index >= 15 is 0 Å². The van der Waals surface area contributed by atoms with E-state index in [0.717, 1.165) is 35.6 Å². The van der Waals surface area contributed by atoms with Gasteiger partial charge in [0, 0.05) is 12.1 Å². The summed E-state index contributed by atoms with van der Waals surface area (Å²) in [5, 5.41) is 10.7. The number of imide groups is 1. The topological polar surface area (TPSA) is 99.0 Å². The largest absolute Gasteiger partial charge is 0.440 e. The molecule has 1 atom stereocenters. The van der Waals surface area contributed by atoms with Crippen molar-refractivity contribution in [2.24, 2.45) is 0 Å². The molecule has 2 aromatic rings. The first-order valence-electron chi connectivity index (χ1n) is 8.74. The van der Waals surface area contributed by atoms with Gasteiger partial charge in [0.25, 0.3) is 5.69 Å². The van der Waals surface area contributed by atoms with Crippen LogP contribution in [0.2, 0.25) is 0 Å². The number of nitrogens with zero attached hydrogens (tertiary/aromatic N) is 2. The van der Waals surface area contributed by atoms with Gasteiger partial charge in [0.15, 0.2) is 11.6 Å². The Kier molecular flexibility index (Phi) is 4.40. The molecule has 1 saturated heterocycles. The van der Waals surface area contributed by atoms with Gasteiger partial charge in [-0.3, -0.25) is 10.1 Å². The first-order valence-corrected chi connectivity index (χ1v) is 8.74. The van der Waals surface area contributed by atoms with Crippen molar-refractivity contribution in [3.05, 3.63) is 69.8 Å². The number of hydrogen-bond acceptors (Lipinski definition) is 6. The lowest BCUT2D eigenvalue weighted by molar-refractivity contribution is -0.384. The molecule has 1 aliphatic carbocycles. The molecule has 0 N–H and O–H groups in total. The van der Waals surface area contributed by atoms with Gasteiger partial charge >= 0.3 is 12.2 Å². The summed E-state index contributed by atoms with van der Waals surface area (Å²) in [4.78, 5) is 36.0. The summed E-state index contributed by atoms with van der Waals surface area (Å²) in [6.45, 7) is 0. The molecule has 2 fully saturated rings. The van der Waals surface area contributed by atoms with Crippen molar-refractivity contribution in [3.8, 4) is 5.75 Å². The summed E-state index contributed by atoms with van der Waals surface area (Å²) in [5.74, 6) is -2.19. The first kappa shape index (κ1) is 18.8. The number of nitro benzene ring substituents is 1. The van der Waals surface area contributed by atoms with Gasteiger partial charge in [-0.1, -0.05) is 6.07 Å². The Bertz CT molecular complexity index is 1010. The van der Waals surface area contributed by atoms with Crippen LogP contribution in [0.5, 0.6) is 5.75 Å². The molecule has 1 spiro atoms. The first-order chi connectivity index (χ1) is 13.8. The van der Waals surface area contributed by atoms with Crippen LogP contribution < -0.4 is 4.74 Å². The van der Waals surface area contributed by atoms with E-state index in [4.69, 9.17) is 9.47 Å². The fourth-order valence-corrected chi connectivity index (χ4v) is 3.62. The molecule has 1 aliphatic heterocycles. The highest BCUT2D eigenvalue weighted by molar-refractivity contribution is 5.91. The Morgan fingerprint density at radius 3 is 2.41 bits per heavy atom. The number of halogens is 2. The number of hydrogen-bond donors (Lipinski definition) is 0. The van der Waals surface area contributed by atoms with Crippen LogP contribution in [0.4, 0.5) is 24.1 Å². The minimum absolute atomic E-state index is 0.0213. The zero-order chi connectivity index (χ0) is 20.8. The molecule has 1 unspecified atom stereocenters. The van der Waals surface area contributed by atoms with Crippen LogP contribution in [0, 0.1) is 21.7 Å². The second-order valence-electron chi connectivity index (χ2n) is 6.85. The van der Waals surface area contributed by atoms with E-state index in [1.807, 2.05) is 0 Å². The Labute approximate surface area is 162 Å². The number of rotatable bonds is 3. The van der Waals surface area contributed by atoms with Gasteiger partial charge in [0.1, 0.15) is 17.4 Å². The molecule has 2 aliphatic rings. The van der Waals surface area contributed by atoms with E-state index in [1.165, 1.54) is 18.2 Å². The van der Waals surface area contributed by atoms with E-state index in [2.05, 4.69) is 0 Å². The SMILES string of the molecule is O=C(Oc1ccc([N+](=O)[O-])cc1)N1C(=O)OC2(CCC2)C1c1ccc(F)c(F)c1. The molecule has 2 aromatic carbocycles. The lowest BCUT2D eigenvalue weighted by Crippen LogP contribution is -2.46. The van der Waals surface area contributed by atoms with Crippen LogP contribution in [0.1, 0.15) is 30.9 Å². The van der Waals surface area contributed by atoms with Gasteiger partial charge in [-0.15, -0.1) is 0 Å². The fraction of sp³-hybridized carbons (Fsp3) is 0.263. The predicted molar refractivity (Wildman–Crippen MR) is 93.1 cm³/mol. The summed E-state index contributed by atoms with van der Waals surface area (Å²) in [5.41, 5.74) is -1.01. The second kappa shape index (κ2) is 6.80. The van der Waals surface area contributed by atoms with E-state index in [0.29, 0.717) is 12.8 Å². The van der Waals surface area contributed by atoms with Crippen LogP contribution in [0.3, 0.4) is 0 Å². The van der Waals surface area contributed by atoms with Gasteiger partial charge < -0.3 is 9.47 Å². The molecule has 0 bridgehead atoms. The predicted octanol–water partition coefficient (Wildman–Crippen LogP) is 4.49. The molecule has 10 heteroatoms. The van der Waals surface area contributed by atoms with Crippen molar-refractivity contribution in [1.29, 1.82) is 0 Å². The highest BCUT2D eigenvalue weighted by Gasteiger charge is 2.60. The van der Waals surface area contributed by atoms with E-state index in [9.17, 15) is 28.5 Å². The maximum atomic E-state index is 13.8. The Morgan fingerprint density at radius 1 is 1.17 bits per heavy atom. The van der Waals surface area contributed by atoms with Crippen LogP contribution in [0.25, 0.3) is 0 Å². The molecule has 0 radical (unpaired) electrons. The fourth-order valence-electron chi connectivity index (χ4n) is 3.62. The zero-order valence-electron chi connectivity index (χ0n) is 14.8. The maximum absolute atomic E-state index is 13.8. The minimum Gasteiger partial charge on any atom is -0.440 e. The summed E-state index contributed by atoms with van der Waals surface area (Å²) >= 11 is 0. The van der Waals surface area contributed by atoms with Crippen molar-refractivity contribution in [1.82, 2.24) is 4.90 Å². The van der Waals surface area contributed by atoms with Crippen molar-refractivity contribution in [3.63, 3.8) is 0 Å². The molecule has 8 nitrogen and oxygen atoms in total. The van der Waals surface area contributed by atoms with E-state index < -0.39 is 40.4 Å². The molecule has 150 valence electrons. The molecule has 1 saturated carbocycles. The highest BCUT2D eigenvalue weighted by atomic mass is 19.2. The molecule has 29 heavy (non-hydrogen) atoms. The summed E-state index contributed by atoms with van der Waals surface area (Å²) in [7, 11) is 0. The van der Waals surface area contributed by atoms with Gasteiger partial charge in [-0.05, 0) is 49.1 Å². The van der Waals surface area contributed by atoms with E-state index in [-0.39, 0.29) is 17.0 Å². The molecule has 2 amide bonds. The molecule has 4 rings (SSSR count). The monoisotopic (exact) mass is 404 g/mol. The quantitative estimate of drug-likeness (QED) is 0.552. The number of nitro groups is 1. The number of carbonyl (C=O) groups is 2. The summed E-state index contributed by atoms with van der Waals surface area (Å²) in [6.07, 6.45) is -0.361. The van der Waals surface area contributed by atoms with Gasteiger partial charge in [-0.25, -0.2) is 23.3 Å². The number of non-ortho nitro benzene ring substituents is 1. The third-order valence-corrected chi connectivity index (χ3v) is 5.15. The molecule has 0 aromatic heterocycles. The van der Waals surface area contributed by atoms with Crippen LogP contribution in [-0.4, -0.2) is 27.6 Å². The van der Waals surface area contributed by atoms with Crippen molar-refractivity contribution in [2.75, 3.05) is 0 Å². The number of carbonyl (C=O) groups excluding carboxylic acids is 2. The normalized spacial score (nSPS) is 19.6.